The van der Waals surface area contributed by atoms with E-state index in [0.29, 0.717) is 10.8 Å². The van der Waals surface area contributed by atoms with E-state index < -0.39 is 12.0 Å². The van der Waals surface area contributed by atoms with Crippen LogP contribution in [0.2, 0.25) is 5.02 Å². The number of carboxylic acids is 1. The van der Waals surface area contributed by atoms with Crippen LogP contribution in [0.4, 0.5) is 0 Å². The molecular formula is C15H20ClNO4. The van der Waals surface area contributed by atoms with Crippen LogP contribution < -0.4 is 10.1 Å². The number of amides is 1. The number of rotatable bonds is 7. The number of halogens is 1. The number of ether oxygens (including phenoxy) is 1. The molecule has 1 aromatic carbocycles. The number of hydrogen-bond acceptors (Lipinski definition) is 3. The number of aliphatic carboxylic acids is 1. The van der Waals surface area contributed by atoms with Gasteiger partial charge in [-0.3, -0.25) is 4.79 Å². The van der Waals surface area contributed by atoms with E-state index >= 15 is 0 Å². The van der Waals surface area contributed by atoms with Crippen molar-refractivity contribution in [3.63, 3.8) is 0 Å². The third-order valence-electron chi connectivity index (χ3n) is 2.98. The van der Waals surface area contributed by atoms with Crippen LogP contribution in [-0.2, 0) is 9.59 Å². The van der Waals surface area contributed by atoms with Crippen LogP contribution in [0.1, 0.15) is 25.8 Å². The van der Waals surface area contributed by atoms with Crippen LogP contribution in [0.15, 0.2) is 18.2 Å². The topological polar surface area (TPSA) is 75.6 Å². The summed E-state index contributed by atoms with van der Waals surface area (Å²) < 4.78 is 5.45. The lowest BCUT2D eigenvalue weighted by Gasteiger charge is -2.17. The van der Waals surface area contributed by atoms with Gasteiger partial charge in [-0.1, -0.05) is 25.4 Å². The van der Waals surface area contributed by atoms with Crippen molar-refractivity contribution in [3.05, 3.63) is 28.8 Å². The first-order valence-corrected chi connectivity index (χ1v) is 7.10. The molecule has 0 radical (unpaired) electrons. The highest BCUT2D eigenvalue weighted by atomic mass is 35.5. The van der Waals surface area contributed by atoms with Gasteiger partial charge in [0.25, 0.3) is 0 Å². The van der Waals surface area contributed by atoms with Crippen LogP contribution in [-0.4, -0.2) is 29.6 Å². The van der Waals surface area contributed by atoms with Crippen molar-refractivity contribution in [2.75, 3.05) is 6.61 Å². The maximum atomic E-state index is 11.7. The molecule has 1 rings (SSSR count). The summed E-state index contributed by atoms with van der Waals surface area (Å²) in [6.45, 7) is 5.53. The molecule has 2 N–H and O–H groups in total. The Labute approximate surface area is 129 Å². The Morgan fingerprint density at radius 3 is 2.57 bits per heavy atom. The van der Waals surface area contributed by atoms with Crippen LogP contribution in [0.5, 0.6) is 5.75 Å². The molecular weight excluding hydrogens is 294 g/mol. The predicted octanol–water partition coefficient (Wildman–Crippen LogP) is 2.64. The molecule has 5 nitrogen and oxygen atoms in total. The lowest BCUT2D eigenvalue weighted by atomic mass is 10.0. The second-order valence-electron chi connectivity index (χ2n) is 5.14. The fraction of sp³-hybridized carbons (Fsp3) is 0.467. The van der Waals surface area contributed by atoms with Crippen LogP contribution in [0.25, 0.3) is 0 Å². The SMILES string of the molecule is Cc1cc(OCCC(=O)NC(C(=O)O)C(C)C)ccc1Cl. The van der Waals surface area contributed by atoms with Gasteiger partial charge in [0.05, 0.1) is 13.0 Å². The number of carboxylic acid groups (broad SMARTS) is 1. The average molecular weight is 314 g/mol. The van der Waals surface area contributed by atoms with E-state index in [1.165, 1.54) is 0 Å². The first-order chi connectivity index (χ1) is 9.81. The molecule has 21 heavy (non-hydrogen) atoms. The number of benzene rings is 1. The molecule has 116 valence electrons. The molecule has 0 saturated heterocycles. The van der Waals surface area contributed by atoms with Crippen molar-refractivity contribution in [1.82, 2.24) is 5.32 Å². The van der Waals surface area contributed by atoms with Gasteiger partial charge in [0.2, 0.25) is 5.91 Å². The molecule has 0 fully saturated rings. The minimum Gasteiger partial charge on any atom is -0.493 e. The summed E-state index contributed by atoms with van der Waals surface area (Å²) in [6.07, 6.45) is 0.0954. The number of nitrogens with one attached hydrogen (secondary N) is 1. The van der Waals surface area contributed by atoms with Crippen molar-refractivity contribution in [2.24, 2.45) is 5.92 Å². The zero-order valence-corrected chi connectivity index (χ0v) is 13.1. The highest BCUT2D eigenvalue weighted by molar-refractivity contribution is 6.31. The third-order valence-corrected chi connectivity index (χ3v) is 3.40. The molecule has 0 aromatic heterocycles. The molecule has 0 saturated carbocycles. The molecule has 1 unspecified atom stereocenters. The first-order valence-electron chi connectivity index (χ1n) is 6.72. The lowest BCUT2D eigenvalue weighted by Crippen LogP contribution is -2.44. The quantitative estimate of drug-likeness (QED) is 0.811. The number of carbonyl (C=O) groups is 2. The van der Waals surface area contributed by atoms with Gasteiger partial charge in [-0.2, -0.15) is 0 Å². The van der Waals surface area contributed by atoms with Gasteiger partial charge in [-0.15, -0.1) is 0 Å². The van der Waals surface area contributed by atoms with Crippen molar-refractivity contribution in [3.8, 4) is 5.75 Å². The Kier molecular flexibility index (Phi) is 6.49. The minimum absolute atomic E-state index is 0.0954. The van der Waals surface area contributed by atoms with Gasteiger partial charge in [0.15, 0.2) is 0 Å². The smallest absolute Gasteiger partial charge is 0.326 e. The van der Waals surface area contributed by atoms with Gasteiger partial charge < -0.3 is 15.2 Å². The molecule has 0 heterocycles. The maximum Gasteiger partial charge on any atom is 0.326 e. The Hall–Kier alpha value is -1.75. The summed E-state index contributed by atoms with van der Waals surface area (Å²) in [5, 5.41) is 12.1. The number of aryl methyl sites for hydroxylation is 1. The van der Waals surface area contributed by atoms with Crippen molar-refractivity contribution in [1.29, 1.82) is 0 Å². The van der Waals surface area contributed by atoms with E-state index in [1.54, 1.807) is 32.0 Å². The summed E-state index contributed by atoms with van der Waals surface area (Å²) in [5.74, 6) is -0.927. The maximum absolute atomic E-state index is 11.7. The zero-order chi connectivity index (χ0) is 16.0. The van der Waals surface area contributed by atoms with Gasteiger partial charge in [-0.25, -0.2) is 4.79 Å². The van der Waals surface area contributed by atoms with Crippen LogP contribution >= 0.6 is 11.6 Å². The Morgan fingerprint density at radius 1 is 1.38 bits per heavy atom. The number of carbonyl (C=O) groups excluding carboxylic acids is 1. The van der Waals surface area contributed by atoms with Crippen molar-refractivity contribution >= 4 is 23.5 Å². The second kappa shape index (κ2) is 7.88. The Morgan fingerprint density at radius 2 is 2.05 bits per heavy atom. The molecule has 0 spiro atoms. The fourth-order valence-corrected chi connectivity index (χ4v) is 1.85. The summed E-state index contributed by atoms with van der Waals surface area (Å²) in [6, 6.07) is 4.36. The van der Waals surface area contributed by atoms with E-state index in [2.05, 4.69) is 5.32 Å². The van der Waals surface area contributed by atoms with E-state index in [1.807, 2.05) is 6.92 Å². The van der Waals surface area contributed by atoms with E-state index in [-0.39, 0.29) is 24.9 Å². The second-order valence-corrected chi connectivity index (χ2v) is 5.54. The Balaban J connectivity index is 2.42. The minimum atomic E-state index is -1.03. The van der Waals surface area contributed by atoms with Gasteiger partial charge in [0.1, 0.15) is 11.8 Å². The van der Waals surface area contributed by atoms with E-state index in [4.69, 9.17) is 21.4 Å². The molecule has 6 heteroatoms. The Bertz CT molecular complexity index is 516. The molecule has 0 aliphatic carbocycles. The predicted molar refractivity (Wildman–Crippen MR) is 80.7 cm³/mol. The summed E-state index contributed by atoms with van der Waals surface area (Å²) in [5.41, 5.74) is 0.893. The summed E-state index contributed by atoms with van der Waals surface area (Å²) >= 11 is 5.91. The average Bonchev–Trinajstić information content (AvgIpc) is 2.39. The van der Waals surface area contributed by atoms with Crippen molar-refractivity contribution < 1.29 is 19.4 Å². The van der Waals surface area contributed by atoms with Gasteiger partial charge in [-0.05, 0) is 36.6 Å². The lowest BCUT2D eigenvalue weighted by molar-refractivity contribution is -0.143. The van der Waals surface area contributed by atoms with Crippen LogP contribution in [0.3, 0.4) is 0 Å². The fourth-order valence-electron chi connectivity index (χ4n) is 1.73. The molecule has 1 aromatic rings. The monoisotopic (exact) mass is 313 g/mol. The molecule has 0 aliphatic rings. The molecule has 0 bridgehead atoms. The third kappa shape index (κ3) is 5.63. The van der Waals surface area contributed by atoms with E-state index in [9.17, 15) is 9.59 Å². The number of hydrogen-bond donors (Lipinski definition) is 2. The standard InChI is InChI=1S/C15H20ClNO4/c1-9(2)14(15(19)20)17-13(18)6-7-21-11-4-5-12(16)10(3)8-11/h4-5,8-9,14H,6-7H2,1-3H3,(H,17,18)(H,19,20). The first kappa shape index (κ1) is 17.3. The summed E-state index contributed by atoms with van der Waals surface area (Å²) in [4.78, 5) is 22.7. The highest BCUT2D eigenvalue weighted by Gasteiger charge is 2.23. The molecule has 0 aliphatic heterocycles. The van der Waals surface area contributed by atoms with Crippen molar-refractivity contribution in [2.45, 2.75) is 33.2 Å². The van der Waals surface area contributed by atoms with Gasteiger partial charge in [0, 0.05) is 5.02 Å². The largest absolute Gasteiger partial charge is 0.493 e. The van der Waals surface area contributed by atoms with Crippen LogP contribution in [0, 0.1) is 12.8 Å². The molecule has 1 atom stereocenters. The van der Waals surface area contributed by atoms with Gasteiger partial charge >= 0.3 is 5.97 Å². The highest BCUT2D eigenvalue weighted by Crippen LogP contribution is 2.21. The zero-order valence-electron chi connectivity index (χ0n) is 12.4. The normalized spacial score (nSPS) is 12.0. The van der Waals surface area contributed by atoms with E-state index in [0.717, 1.165) is 5.56 Å². The molecule has 1 amide bonds. The summed E-state index contributed by atoms with van der Waals surface area (Å²) in [7, 11) is 0.